The molecule has 0 aliphatic rings. The Labute approximate surface area is 291 Å². The van der Waals surface area contributed by atoms with Gasteiger partial charge in [0.1, 0.15) is 18.3 Å². The summed E-state index contributed by atoms with van der Waals surface area (Å²) >= 11 is 19.3. The Bertz CT molecular complexity index is 1780. The molecule has 0 aromatic heterocycles. The Hall–Kier alpha value is -3.76. The van der Waals surface area contributed by atoms with Gasteiger partial charge in [0.05, 0.1) is 17.7 Å². The van der Waals surface area contributed by atoms with Crippen LogP contribution in [0.25, 0.3) is 0 Å². The number of halogens is 3. The lowest BCUT2D eigenvalue weighted by molar-refractivity contribution is -0.140. The maximum Gasteiger partial charge on any atom is 0.264 e. The largest absolute Gasteiger partial charge is 0.497 e. The monoisotopic (exact) mass is 715 g/mol. The maximum atomic E-state index is 14.6. The Morgan fingerprint density at radius 1 is 0.830 bits per heavy atom. The third-order valence-electron chi connectivity index (χ3n) is 7.20. The van der Waals surface area contributed by atoms with E-state index in [-0.39, 0.29) is 23.5 Å². The number of benzene rings is 4. The predicted molar refractivity (Wildman–Crippen MR) is 188 cm³/mol. The number of amides is 2. The summed E-state index contributed by atoms with van der Waals surface area (Å²) in [6, 6.07) is 25.1. The summed E-state index contributed by atoms with van der Waals surface area (Å²) in [7, 11) is -2.83. The molecule has 4 aromatic carbocycles. The molecule has 12 heteroatoms. The normalized spacial score (nSPS) is 12.2. The van der Waals surface area contributed by atoms with Crippen LogP contribution in [0.5, 0.6) is 5.75 Å². The van der Waals surface area contributed by atoms with Crippen LogP contribution in [0.4, 0.5) is 5.69 Å². The minimum Gasteiger partial charge on any atom is -0.497 e. The molecule has 0 saturated carbocycles. The molecule has 0 fully saturated rings. The van der Waals surface area contributed by atoms with Gasteiger partial charge in [0, 0.05) is 39.1 Å². The molecule has 47 heavy (non-hydrogen) atoms. The fourth-order valence-electron chi connectivity index (χ4n) is 4.87. The number of anilines is 1. The van der Waals surface area contributed by atoms with Crippen LogP contribution in [0.1, 0.15) is 31.9 Å². The first-order valence-electron chi connectivity index (χ1n) is 14.7. The van der Waals surface area contributed by atoms with Crippen LogP contribution in [0.3, 0.4) is 0 Å². The van der Waals surface area contributed by atoms with Gasteiger partial charge in [-0.1, -0.05) is 71.2 Å². The number of ether oxygens (including phenoxy) is 1. The Balaban J connectivity index is 1.85. The average molecular weight is 717 g/mol. The molecule has 1 atom stereocenters. The van der Waals surface area contributed by atoms with Gasteiger partial charge in [-0.2, -0.15) is 0 Å². The van der Waals surface area contributed by atoms with Gasteiger partial charge in [0.2, 0.25) is 11.8 Å². The van der Waals surface area contributed by atoms with Crippen LogP contribution >= 0.6 is 34.8 Å². The van der Waals surface area contributed by atoms with Crippen molar-refractivity contribution < 1.29 is 22.7 Å². The molecule has 0 aliphatic carbocycles. The number of sulfonamides is 1. The summed E-state index contributed by atoms with van der Waals surface area (Å²) in [4.78, 5) is 29.9. The third-order valence-corrected chi connectivity index (χ3v) is 9.95. The Morgan fingerprint density at radius 3 is 1.98 bits per heavy atom. The second-order valence-corrected chi connectivity index (χ2v) is 14.9. The highest BCUT2D eigenvalue weighted by Crippen LogP contribution is 2.30. The standard InChI is InChI=1S/C35H36Cl3N3O5S/c1-35(2,3)39-34(43)32(21-24-9-6-5-7-10-24)40(22-29-30(37)11-8-12-31(29)38)33(42)23-41(26-15-13-25(36)14-16-26)47(44,45)28-19-17-27(46-4)18-20-28/h5-20,32H,21-23H2,1-4H3,(H,39,43)/t32-/m1/s1. The van der Waals surface area contributed by atoms with Crippen molar-refractivity contribution in [2.45, 2.75) is 50.2 Å². The molecule has 0 bridgehead atoms. The summed E-state index contributed by atoms with van der Waals surface area (Å²) < 4.78 is 34.6. The van der Waals surface area contributed by atoms with Crippen molar-refractivity contribution in [3.05, 3.63) is 123 Å². The van der Waals surface area contributed by atoms with Crippen molar-refractivity contribution in [3.8, 4) is 5.75 Å². The van der Waals surface area contributed by atoms with E-state index in [0.29, 0.717) is 26.4 Å². The molecule has 0 spiro atoms. The highest BCUT2D eigenvalue weighted by Gasteiger charge is 2.36. The lowest BCUT2D eigenvalue weighted by Gasteiger charge is -2.35. The van der Waals surface area contributed by atoms with E-state index in [1.165, 1.54) is 60.5 Å². The topological polar surface area (TPSA) is 96.0 Å². The number of methoxy groups -OCH3 is 1. The predicted octanol–water partition coefficient (Wildman–Crippen LogP) is 7.41. The summed E-state index contributed by atoms with van der Waals surface area (Å²) in [6.45, 7) is 4.71. The van der Waals surface area contributed by atoms with Gasteiger partial charge in [-0.05, 0) is 87.0 Å². The average Bonchev–Trinajstić information content (AvgIpc) is 3.02. The first kappa shape index (κ1) is 36.1. The van der Waals surface area contributed by atoms with Crippen LogP contribution < -0.4 is 14.4 Å². The van der Waals surface area contributed by atoms with Crippen LogP contribution in [0.15, 0.2) is 102 Å². The number of rotatable bonds is 12. The number of hydrogen-bond acceptors (Lipinski definition) is 5. The van der Waals surface area contributed by atoms with Gasteiger partial charge in [0.15, 0.2) is 0 Å². The zero-order valence-corrected chi connectivity index (χ0v) is 29.5. The van der Waals surface area contributed by atoms with Gasteiger partial charge in [-0.25, -0.2) is 8.42 Å². The highest BCUT2D eigenvalue weighted by molar-refractivity contribution is 7.92. The molecule has 4 rings (SSSR count). The number of hydrogen-bond donors (Lipinski definition) is 1. The van der Waals surface area contributed by atoms with Crippen LogP contribution in [-0.4, -0.2) is 50.4 Å². The molecular formula is C35H36Cl3N3O5S. The minimum atomic E-state index is -4.31. The van der Waals surface area contributed by atoms with Crippen LogP contribution in [0, 0.1) is 0 Å². The Morgan fingerprint density at radius 2 is 1.43 bits per heavy atom. The van der Waals surface area contributed by atoms with E-state index in [9.17, 15) is 18.0 Å². The van der Waals surface area contributed by atoms with Crippen molar-refractivity contribution in [1.29, 1.82) is 0 Å². The second-order valence-electron chi connectivity index (χ2n) is 11.8. The van der Waals surface area contributed by atoms with Crippen molar-refractivity contribution in [1.82, 2.24) is 10.2 Å². The van der Waals surface area contributed by atoms with Crippen molar-refractivity contribution >= 4 is 62.3 Å². The van der Waals surface area contributed by atoms with E-state index in [1.807, 2.05) is 51.1 Å². The lowest BCUT2D eigenvalue weighted by atomic mass is 10.0. The van der Waals surface area contributed by atoms with Gasteiger partial charge in [-0.15, -0.1) is 0 Å². The first-order chi connectivity index (χ1) is 22.2. The molecule has 0 heterocycles. The highest BCUT2D eigenvalue weighted by atomic mass is 35.5. The number of carbonyl (C=O) groups excluding carboxylic acids is 2. The molecule has 1 N–H and O–H groups in total. The summed E-state index contributed by atoms with van der Waals surface area (Å²) in [5.74, 6) is -0.610. The van der Waals surface area contributed by atoms with Crippen molar-refractivity contribution in [3.63, 3.8) is 0 Å². The van der Waals surface area contributed by atoms with Crippen molar-refractivity contribution in [2.24, 2.45) is 0 Å². The quantitative estimate of drug-likeness (QED) is 0.165. The van der Waals surface area contributed by atoms with E-state index < -0.39 is 40.0 Å². The van der Waals surface area contributed by atoms with E-state index in [2.05, 4.69) is 5.32 Å². The molecule has 0 unspecified atom stereocenters. The van der Waals surface area contributed by atoms with E-state index in [4.69, 9.17) is 39.5 Å². The molecule has 2 amide bonds. The van der Waals surface area contributed by atoms with Gasteiger partial charge >= 0.3 is 0 Å². The van der Waals surface area contributed by atoms with Gasteiger partial charge in [-0.3, -0.25) is 13.9 Å². The smallest absolute Gasteiger partial charge is 0.264 e. The molecular weight excluding hydrogens is 681 g/mol. The number of nitrogens with zero attached hydrogens (tertiary/aromatic N) is 2. The molecule has 0 radical (unpaired) electrons. The zero-order valence-electron chi connectivity index (χ0n) is 26.4. The molecule has 0 saturated heterocycles. The maximum absolute atomic E-state index is 14.6. The summed E-state index contributed by atoms with van der Waals surface area (Å²) in [5, 5.41) is 3.97. The number of carbonyl (C=O) groups is 2. The first-order valence-corrected chi connectivity index (χ1v) is 17.3. The van der Waals surface area contributed by atoms with E-state index in [0.717, 1.165) is 9.87 Å². The molecule has 4 aromatic rings. The molecule has 248 valence electrons. The van der Waals surface area contributed by atoms with Gasteiger partial charge < -0.3 is 15.0 Å². The molecule has 8 nitrogen and oxygen atoms in total. The fraction of sp³-hybridized carbons (Fsp3) is 0.257. The Kier molecular flexibility index (Phi) is 11.8. The van der Waals surface area contributed by atoms with Crippen molar-refractivity contribution in [2.75, 3.05) is 18.0 Å². The van der Waals surface area contributed by atoms with E-state index in [1.54, 1.807) is 18.2 Å². The SMILES string of the molecule is COc1ccc(S(=O)(=O)N(CC(=O)N(Cc2c(Cl)cccc2Cl)[C@H](Cc2ccccc2)C(=O)NC(C)(C)C)c2ccc(Cl)cc2)cc1. The van der Waals surface area contributed by atoms with E-state index >= 15 is 0 Å². The second kappa shape index (κ2) is 15.4. The zero-order chi connectivity index (χ0) is 34.4. The van der Waals surface area contributed by atoms with Gasteiger partial charge in [0.25, 0.3) is 10.0 Å². The van der Waals surface area contributed by atoms with Crippen LogP contribution in [0.2, 0.25) is 15.1 Å². The fourth-order valence-corrected chi connectivity index (χ4v) is 6.93. The molecule has 0 aliphatic heterocycles. The third kappa shape index (κ3) is 9.41. The lowest BCUT2D eigenvalue weighted by Crippen LogP contribution is -2.56. The minimum absolute atomic E-state index is 0.0620. The summed E-state index contributed by atoms with van der Waals surface area (Å²) in [6.07, 6.45) is 0.142. The summed E-state index contributed by atoms with van der Waals surface area (Å²) in [5.41, 5.74) is 0.787. The van der Waals surface area contributed by atoms with Crippen LogP contribution in [-0.2, 0) is 32.6 Å². The number of nitrogens with one attached hydrogen (secondary N) is 1.